The summed E-state index contributed by atoms with van der Waals surface area (Å²) in [5, 5.41) is 5.23. The molecule has 98 valence electrons. The van der Waals surface area contributed by atoms with Crippen molar-refractivity contribution in [3.8, 4) is 0 Å². The second kappa shape index (κ2) is 6.43. The van der Waals surface area contributed by atoms with Crippen LogP contribution in [0.4, 0.5) is 4.79 Å². The Morgan fingerprint density at radius 2 is 1.89 bits per heavy atom. The standard InChI is InChI=1S/C11H16N4O3/c1-15(2)11(18)13-6-5-12-10(17)8-3-4-9(16)14-7-8/h3-4,7H,5-6H2,1-2H3,(H,12,17)(H,13,18)(H,14,16). The highest BCUT2D eigenvalue weighted by Crippen LogP contribution is 1.91. The van der Waals surface area contributed by atoms with Gasteiger partial charge in [-0.1, -0.05) is 0 Å². The Bertz CT molecular complexity index is 461. The van der Waals surface area contributed by atoms with Gasteiger partial charge in [-0.05, 0) is 6.07 Å². The lowest BCUT2D eigenvalue weighted by Crippen LogP contribution is -2.39. The highest BCUT2D eigenvalue weighted by atomic mass is 16.2. The molecule has 0 aliphatic carbocycles. The number of aromatic amines is 1. The number of nitrogens with one attached hydrogen (secondary N) is 3. The van der Waals surface area contributed by atoms with Crippen molar-refractivity contribution in [3.63, 3.8) is 0 Å². The summed E-state index contributed by atoms with van der Waals surface area (Å²) < 4.78 is 0. The Hall–Kier alpha value is -2.31. The second-order valence-corrected chi connectivity index (χ2v) is 3.82. The van der Waals surface area contributed by atoms with E-state index in [0.717, 1.165) is 0 Å². The van der Waals surface area contributed by atoms with E-state index in [1.807, 2.05) is 0 Å². The minimum absolute atomic E-state index is 0.215. The normalized spacial score (nSPS) is 9.67. The minimum Gasteiger partial charge on any atom is -0.350 e. The zero-order valence-electron chi connectivity index (χ0n) is 10.3. The molecular formula is C11H16N4O3. The molecule has 7 nitrogen and oxygen atoms in total. The van der Waals surface area contributed by atoms with Crippen LogP contribution in [-0.4, -0.2) is 49.0 Å². The molecule has 0 saturated carbocycles. The van der Waals surface area contributed by atoms with Gasteiger partial charge in [0.15, 0.2) is 0 Å². The van der Waals surface area contributed by atoms with Crippen molar-refractivity contribution in [3.05, 3.63) is 34.2 Å². The number of carbonyl (C=O) groups excluding carboxylic acids is 2. The Labute approximate surface area is 104 Å². The average Bonchev–Trinajstić information content (AvgIpc) is 2.34. The van der Waals surface area contributed by atoms with Gasteiger partial charge in [-0.25, -0.2) is 4.79 Å². The van der Waals surface area contributed by atoms with Crippen LogP contribution in [0.3, 0.4) is 0 Å². The zero-order chi connectivity index (χ0) is 13.5. The van der Waals surface area contributed by atoms with Crippen molar-refractivity contribution in [1.82, 2.24) is 20.5 Å². The summed E-state index contributed by atoms with van der Waals surface area (Å²) in [6.45, 7) is 0.656. The summed E-state index contributed by atoms with van der Waals surface area (Å²) in [6.07, 6.45) is 1.34. The van der Waals surface area contributed by atoms with E-state index >= 15 is 0 Å². The number of aromatic nitrogens is 1. The van der Waals surface area contributed by atoms with Crippen LogP contribution >= 0.6 is 0 Å². The van der Waals surface area contributed by atoms with Gasteiger partial charge in [-0.15, -0.1) is 0 Å². The van der Waals surface area contributed by atoms with E-state index in [4.69, 9.17) is 0 Å². The summed E-state index contributed by atoms with van der Waals surface area (Å²) in [7, 11) is 3.27. The maximum atomic E-state index is 11.6. The van der Waals surface area contributed by atoms with Crippen LogP contribution in [0.1, 0.15) is 10.4 Å². The Morgan fingerprint density at radius 1 is 1.22 bits per heavy atom. The van der Waals surface area contributed by atoms with E-state index in [2.05, 4.69) is 15.6 Å². The Balaban J connectivity index is 2.32. The molecule has 0 bridgehead atoms. The van der Waals surface area contributed by atoms with Crippen molar-refractivity contribution in [2.75, 3.05) is 27.2 Å². The van der Waals surface area contributed by atoms with Gasteiger partial charge in [0.2, 0.25) is 5.56 Å². The van der Waals surface area contributed by atoms with Gasteiger partial charge >= 0.3 is 6.03 Å². The smallest absolute Gasteiger partial charge is 0.316 e. The molecule has 1 aromatic rings. The lowest BCUT2D eigenvalue weighted by molar-refractivity contribution is 0.0953. The molecule has 0 aliphatic rings. The number of hydrogen-bond donors (Lipinski definition) is 3. The third-order valence-corrected chi connectivity index (χ3v) is 2.14. The van der Waals surface area contributed by atoms with E-state index in [1.54, 1.807) is 14.1 Å². The van der Waals surface area contributed by atoms with E-state index in [9.17, 15) is 14.4 Å². The quantitative estimate of drug-likeness (QED) is 0.623. The number of pyridine rings is 1. The van der Waals surface area contributed by atoms with Crippen molar-refractivity contribution in [1.29, 1.82) is 0 Å². The third kappa shape index (κ3) is 4.28. The lowest BCUT2D eigenvalue weighted by Gasteiger charge is -2.12. The predicted octanol–water partition coefficient (Wildman–Crippen LogP) is -0.624. The first-order valence-corrected chi connectivity index (χ1v) is 5.43. The second-order valence-electron chi connectivity index (χ2n) is 3.82. The molecular weight excluding hydrogens is 236 g/mol. The van der Waals surface area contributed by atoms with Gasteiger partial charge in [-0.2, -0.15) is 0 Å². The van der Waals surface area contributed by atoms with Crippen molar-refractivity contribution in [2.45, 2.75) is 0 Å². The number of nitrogens with zero attached hydrogens (tertiary/aromatic N) is 1. The molecule has 3 amide bonds. The van der Waals surface area contributed by atoms with Gasteiger partial charge in [0.25, 0.3) is 5.91 Å². The Morgan fingerprint density at radius 3 is 2.44 bits per heavy atom. The molecule has 1 rings (SSSR count). The average molecular weight is 252 g/mol. The van der Waals surface area contributed by atoms with Gasteiger partial charge in [-0.3, -0.25) is 9.59 Å². The molecule has 1 heterocycles. The molecule has 7 heteroatoms. The van der Waals surface area contributed by atoms with Crippen molar-refractivity contribution >= 4 is 11.9 Å². The van der Waals surface area contributed by atoms with Crippen LogP contribution in [0.15, 0.2) is 23.1 Å². The molecule has 0 unspecified atom stereocenters. The molecule has 0 saturated heterocycles. The van der Waals surface area contributed by atoms with Crippen LogP contribution in [0.2, 0.25) is 0 Å². The first kappa shape index (κ1) is 13.8. The molecule has 3 N–H and O–H groups in total. The SMILES string of the molecule is CN(C)C(=O)NCCNC(=O)c1ccc(=O)[nH]c1. The van der Waals surface area contributed by atoms with E-state index < -0.39 is 0 Å². The van der Waals surface area contributed by atoms with Crippen LogP contribution in [-0.2, 0) is 0 Å². The Kier molecular flexibility index (Phi) is 4.91. The fourth-order valence-electron chi connectivity index (χ4n) is 1.16. The molecule has 0 atom stereocenters. The van der Waals surface area contributed by atoms with Gasteiger partial charge in [0.05, 0.1) is 5.56 Å². The van der Waals surface area contributed by atoms with E-state index in [1.165, 1.54) is 23.2 Å². The van der Waals surface area contributed by atoms with Gasteiger partial charge < -0.3 is 20.5 Å². The number of carbonyl (C=O) groups is 2. The number of urea groups is 1. The fourth-order valence-corrected chi connectivity index (χ4v) is 1.16. The monoisotopic (exact) mass is 252 g/mol. The minimum atomic E-state index is -0.301. The maximum Gasteiger partial charge on any atom is 0.316 e. The van der Waals surface area contributed by atoms with Crippen LogP contribution in [0.25, 0.3) is 0 Å². The largest absolute Gasteiger partial charge is 0.350 e. The summed E-state index contributed by atoms with van der Waals surface area (Å²) in [5.41, 5.74) is 0.110. The van der Waals surface area contributed by atoms with Crippen LogP contribution in [0.5, 0.6) is 0 Å². The summed E-state index contributed by atoms with van der Waals surface area (Å²) >= 11 is 0. The highest BCUT2D eigenvalue weighted by molar-refractivity contribution is 5.93. The molecule has 18 heavy (non-hydrogen) atoms. The summed E-state index contributed by atoms with van der Waals surface area (Å²) in [5.74, 6) is -0.301. The molecule has 1 aromatic heterocycles. The van der Waals surface area contributed by atoms with Crippen LogP contribution < -0.4 is 16.2 Å². The number of amides is 3. The van der Waals surface area contributed by atoms with E-state index in [0.29, 0.717) is 18.7 Å². The summed E-state index contributed by atoms with van der Waals surface area (Å²) in [4.78, 5) is 37.4. The number of H-pyrrole nitrogens is 1. The highest BCUT2D eigenvalue weighted by Gasteiger charge is 2.05. The zero-order valence-corrected chi connectivity index (χ0v) is 10.3. The molecule has 0 fully saturated rings. The molecule has 0 spiro atoms. The maximum absolute atomic E-state index is 11.6. The van der Waals surface area contributed by atoms with Crippen molar-refractivity contribution < 1.29 is 9.59 Å². The summed E-state index contributed by atoms with van der Waals surface area (Å²) in [6, 6.07) is 2.50. The van der Waals surface area contributed by atoms with Gasteiger partial charge in [0.1, 0.15) is 0 Å². The van der Waals surface area contributed by atoms with Gasteiger partial charge in [0, 0.05) is 39.4 Å². The van der Waals surface area contributed by atoms with Crippen LogP contribution in [0, 0.1) is 0 Å². The molecule has 0 aromatic carbocycles. The third-order valence-electron chi connectivity index (χ3n) is 2.14. The van der Waals surface area contributed by atoms with Crippen molar-refractivity contribution in [2.24, 2.45) is 0 Å². The predicted molar refractivity (Wildman–Crippen MR) is 66.5 cm³/mol. The topological polar surface area (TPSA) is 94.3 Å². The fraction of sp³-hybridized carbons (Fsp3) is 0.364. The van der Waals surface area contributed by atoms with E-state index in [-0.39, 0.29) is 17.5 Å². The number of rotatable bonds is 4. The number of hydrogen-bond acceptors (Lipinski definition) is 3. The first-order chi connectivity index (χ1) is 8.50. The lowest BCUT2D eigenvalue weighted by atomic mass is 10.3. The molecule has 0 aliphatic heterocycles. The molecule has 0 radical (unpaired) electrons. The first-order valence-electron chi connectivity index (χ1n) is 5.43.